The number of carbonyl (C=O) groups excluding carboxylic acids is 3. The minimum atomic E-state index is -0.631. The van der Waals surface area contributed by atoms with Crippen LogP contribution in [0.1, 0.15) is 34.8 Å². The van der Waals surface area contributed by atoms with Crippen LogP contribution in [0.2, 0.25) is 0 Å². The van der Waals surface area contributed by atoms with Crippen molar-refractivity contribution >= 4 is 29.7 Å². The van der Waals surface area contributed by atoms with Gasteiger partial charge in [0.05, 0.1) is 38.3 Å². The molecule has 10 nitrogen and oxygen atoms in total. The molecule has 0 aliphatic carbocycles. The van der Waals surface area contributed by atoms with Crippen molar-refractivity contribution in [1.29, 1.82) is 0 Å². The lowest BCUT2D eigenvalue weighted by molar-refractivity contribution is -0.911. The standard InChI is InChI=1S/C31H34N4O6/c1-3-41-30(39)23-8-10-24(11-9-23)33-31(40)34-28(18-21-4-12-26(36)13-5-21)29(38)32-25-16-17-35(2,20-25)19-22-6-14-27(37)15-7-22/h4-15,18,25H,3,16-17,19-20H2,1-2H3,(H4-,32,33,34,36,37,38,39,40)/p+1/t25-,35?/m1/s1. The van der Waals surface area contributed by atoms with Crippen LogP contribution in [0, 0.1) is 0 Å². The molecule has 10 heteroatoms. The van der Waals surface area contributed by atoms with Crippen LogP contribution in [0.3, 0.4) is 0 Å². The fourth-order valence-electron chi connectivity index (χ4n) is 4.83. The Balaban J connectivity index is 1.43. The molecule has 0 radical (unpaired) electrons. The molecule has 214 valence electrons. The maximum absolute atomic E-state index is 13.4. The summed E-state index contributed by atoms with van der Waals surface area (Å²) in [6.07, 6.45) is 2.31. The van der Waals surface area contributed by atoms with E-state index in [4.69, 9.17) is 4.74 Å². The normalized spacial score (nSPS) is 18.4. The van der Waals surface area contributed by atoms with Crippen LogP contribution < -0.4 is 16.0 Å². The Morgan fingerprint density at radius 1 is 0.951 bits per heavy atom. The number of benzene rings is 3. The van der Waals surface area contributed by atoms with Gasteiger partial charge in [0.15, 0.2) is 0 Å². The highest BCUT2D eigenvalue weighted by molar-refractivity contribution is 6.03. The molecule has 1 saturated heterocycles. The summed E-state index contributed by atoms with van der Waals surface area (Å²) in [5, 5.41) is 27.6. The summed E-state index contributed by atoms with van der Waals surface area (Å²) in [7, 11) is 2.13. The van der Waals surface area contributed by atoms with Crippen molar-refractivity contribution in [2.45, 2.75) is 25.9 Å². The number of likely N-dealkylation sites (N-methyl/N-ethyl adjacent to an activating group) is 1. The first-order valence-electron chi connectivity index (χ1n) is 13.4. The third kappa shape index (κ3) is 8.33. The Hall–Kier alpha value is -4.83. The molecule has 1 heterocycles. The molecule has 2 atom stereocenters. The second kappa shape index (κ2) is 13.0. The Morgan fingerprint density at radius 2 is 1.59 bits per heavy atom. The number of quaternary nitrogens is 1. The minimum Gasteiger partial charge on any atom is -0.508 e. The van der Waals surface area contributed by atoms with E-state index in [-0.39, 0.29) is 29.8 Å². The van der Waals surface area contributed by atoms with Gasteiger partial charge in [0, 0.05) is 17.7 Å². The molecule has 1 unspecified atom stereocenters. The number of urea groups is 1. The quantitative estimate of drug-likeness (QED) is 0.153. The van der Waals surface area contributed by atoms with Crippen molar-refractivity contribution in [3.05, 3.63) is 95.2 Å². The van der Waals surface area contributed by atoms with Crippen LogP contribution in [0.4, 0.5) is 10.5 Å². The number of amides is 3. The van der Waals surface area contributed by atoms with Crippen molar-refractivity contribution in [2.75, 3.05) is 32.1 Å². The van der Waals surface area contributed by atoms with Gasteiger partial charge >= 0.3 is 12.0 Å². The maximum Gasteiger partial charge on any atom is 0.338 e. The SMILES string of the molecule is CCOC(=O)c1ccc(NC(=O)N/C(=C/c2ccc(O)cc2)C(=O)N[C@@H]2CC[N+](C)(Cc3ccc(O)cc3)C2)cc1. The predicted molar refractivity (Wildman–Crippen MR) is 155 cm³/mol. The van der Waals surface area contributed by atoms with Crippen LogP contribution in [0.25, 0.3) is 6.08 Å². The molecule has 0 saturated carbocycles. The van der Waals surface area contributed by atoms with Crippen molar-refractivity contribution in [3.8, 4) is 11.5 Å². The zero-order valence-electron chi connectivity index (χ0n) is 23.1. The van der Waals surface area contributed by atoms with Gasteiger partial charge in [-0.15, -0.1) is 0 Å². The number of ether oxygens (including phenoxy) is 1. The summed E-state index contributed by atoms with van der Waals surface area (Å²) in [5.74, 6) is -0.583. The molecule has 3 amide bonds. The number of carbonyl (C=O) groups is 3. The van der Waals surface area contributed by atoms with Gasteiger partial charge in [-0.2, -0.15) is 0 Å². The van der Waals surface area contributed by atoms with E-state index >= 15 is 0 Å². The number of rotatable bonds is 9. The molecule has 1 aliphatic heterocycles. The molecule has 1 fully saturated rings. The summed E-state index contributed by atoms with van der Waals surface area (Å²) in [5.41, 5.74) is 2.54. The Kier molecular flexibility index (Phi) is 9.26. The first-order chi connectivity index (χ1) is 19.6. The van der Waals surface area contributed by atoms with Gasteiger partial charge in [0.1, 0.15) is 23.7 Å². The first-order valence-corrected chi connectivity index (χ1v) is 13.4. The number of esters is 1. The van der Waals surface area contributed by atoms with Crippen LogP contribution in [-0.4, -0.2) is 65.4 Å². The fourth-order valence-corrected chi connectivity index (χ4v) is 4.83. The lowest BCUT2D eigenvalue weighted by Crippen LogP contribution is -2.46. The van der Waals surface area contributed by atoms with E-state index in [2.05, 4.69) is 23.0 Å². The van der Waals surface area contributed by atoms with Crippen molar-refractivity contribution in [1.82, 2.24) is 10.6 Å². The van der Waals surface area contributed by atoms with Gasteiger partial charge in [-0.25, -0.2) is 9.59 Å². The number of phenols is 2. The summed E-state index contributed by atoms with van der Waals surface area (Å²) in [4.78, 5) is 38.1. The lowest BCUT2D eigenvalue weighted by atomic mass is 10.1. The second-order valence-corrected chi connectivity index (χ2v) is 10.3. The number of likely N-dealkylation sites (tertiary alicyclic amines) is 1. The molecule has 0 aromatic heterocycles. The molecule has 3 aromatic carbocycles. The molecule has 41 heavy (non-hydrogen) atoms. The summed E-state index contributed by atoms with van der Waals surface area (Å²) in [6.45, 7) is 4.31. The molecule has 4 rings (SSSR count). The second-order valence-electron chi connectivity index (χ2n) is 10.3. The van der Waals surface area contributed by atoms with Gasteiger partial charge in [-0.3, -0.25) is 4.79 Å². The number of hydrogen-bond donors (Lipinski definition) is 5. The minimum absolute atomic E-state index is 0.0379. The van der Waals surface area contributed by atoms with Gasteiger partial charge < -0.3 is 35.4 Å². The van der Waals surface area contributed by atoms with Gasteiger partial charge in [0.25, 0.3) is 5.91 Å². The van der Waals surface area contributed by atoms with E-state index in [1.807, 2.05) is 12.1 Å². The summed E-state index contributed by atoms with van der Waals surface area (Å²) >= 11 is 0. The van der Waals surface area contributed by atoms with Gasteiger partial charge in [-0.05, 0) is 79.2 Å². The highest BCUT2D eigenvalue weighted by Crippen LogP contribution is 2.23. The van der Waals surface area contributed by atoms with Crippen LogP contribution in [-0.2, 0) is 16.1 Å². The van der Waals surface area contributed by atoms with E-state index in [0.717, 1.165) is 29.6 Å². The summed E-state index contributed by atoms with van der Waals surface area (Å²) in [6, 6.07) is 18.9. The first kappa shape index (κ1) is 29.2. The molecular formula is C31H35N4O6+. The van der Waals surface area contributed by atoms with E-state index in [9.17, 15) is 24.6 Å². The number of phenolic OH excluding ortho intramolecular Hbond substituents is 2. The van der Waals surface area contributed by atoms with E-state index in [1.165, 1.54) is 18.2 Å². The average Bonchev–Trinajstić information content (AvgIpc) is 3.31. The highest BCUT2D eigenvalue weighted by Gasteiger charge is 2.36. The van der Waals surface area contributed by atoms with Crippen LogP contribution in [0.15, 0.2) is 78.5 Å². The molecule has 3 aromatic rings. The molecular weight excluding hydrogens is 524 g/mol. The van der Waals surface area contributed by atoms with E-state index in [1.54, 1.807) is 55.5 Å². The summed E-state index contributed by atoms with van der Waals surface area (Å²) < 4.78 is 5.70. The Morgan fingerprint density at radius 3 is 2.22 bits per heavy atom. The third-order valence-corrected chi connectivity index (χ3v) is 6.87. The maximum atomic E-state index is 13.4. The largest absolute Gasteiger partial charge is 0.508 e. The monoisotopic (exact) mass is 559 g/mol. The smallest absolute Gasteiger partial charge is 0.338 e. The van der Waals surface area contributed by atoms with Crippen molar-refractivity contribution in [2.24, 2.45) is 0 Å². The number of nitrogens with zero attached hydrogens (tertiary/aromatic N) is 1. The third-order valence-electron chi connectivity index (χ3n) is 6.87. The zero-order valence-corrected chi connectivity index (χ0v) is 23.1. The lowest BCUT2D eigenvalue weighted by Gasteiger charge is -2.30. The number of nitrogens with one attached hydrogen (secondary N) is 3. The Labute approximate surface area is 238 Å². The van der Waals surface area contributed by atoms with Crippen LogP contribution >= 0.6 is 0 Å². The predicted octanol–water partition coefficient (Wildman–Crippen LogP) is 3.97. The average molecular weight is 560 g/mol. The molecule has 0 bridgehead atoms. The fraction of sp³-hybridized carbons (Fsp3) is 0.258. The number of hydrogen-bond acceptors (Lipinski definition) is 6. The Bertz CT molecular complexity index is 1400. The van der Waals surface area contributed by atoms with E-state index < -0.39 is 17.9 Å². The molecule has 0 spiro atoms. The van der Waals surface area contributed by atoms with Gasteiger partial charge in [0.2, 0.25) is 0 Å². The number of aromatic hydroxyl groups is 2. The van der Waals surface area contributed by atoms with E-state index in [0.29, 0.717) is 23.4 Å². The number of anilines is 1. The highest BCUT2D eigenvalue weighted by atomic mass is 16.5. The molecule has 1 aliphatic rings. The van der Waals surface area contributed by atoms with Gasteiger partial charge in [-0.1, -0.05) is 12.1 Å². The zero-order chi connectivity index (χ0) is 29.4. The molecule has 5 N–H and O–H groups in total. The van der Waals surface area contributed by atoms with Crippen LogP contribution in [0.5, 0.6) is 11.5 Å². The van der Waals surface area contributed by atoms with Crippen molar-refractivity contribution < 1.29 is 33.8 Å². The van der Waals surface area contributed by atoms with Crippen molar-refractivity contribution in [3.63, 3.8) is 0 Å². The topological polar surface area (TPSA) is 137 Å².